The molecule has 2 aromatic rings. The summed E-state index contributed by atoms with van der Waals surface area (Å²) >= 11 is 1.45. The van der Waals surface area contributed by atoms with E-state index in [4.69, 9.17) is 4.74 Å². The number of aromatic nitrogens is 1. The second-order valence-corrected chi connectivity index (χ2v) is 5.64. The zero-order valence-corrected chi connectivity index (χ0v) is 11.7. The average molecular weight is 291 g/mol. The van der Waals surface area contributed by atoms with E-state index in [2.05, 4.69) is 0 Å². The van der Waals surface area contributed by atoms with Crippen LogP contribution in [-0.2, 0) is 17.9 Å². The van der Waals surface area contributed by atoms with Gasteiger partial charge >= 0.3 is 5.97 Å². The Hall–Kier alpha value is -1.92. The Morgan fingerprint density at radius 2 is 2.30 bits per heavy atom. The molecule has 1 aliphatic heterocycles. The van der Waals surface area contributed by atoms with E-state index in [0.29, 0.717) is 24.4 Å². The minimum atomic E-state index is -1.20. The summed E-state index contributed by atoms with van der Waals surface area (Å²) in [6, 6.07) is 1.90. The van der Waals surface area contributed by atoms with Crippen LogP contribution in [0.1, 0.15) is 21.6 Å². The third-order valence-electron chi connectivity index (χ3n) is 3.32. The Morgan fingerprint density at radius 1 is 1.50 bits per heavy atom. The van der Waals surface area contributed by atoms with Gasteiger partial charge in [0.15, 0.2) is 0 Å². The topological polar surface area (TPSA) is 68.5 Å². The highest BCUT2D eigenvalue weighted by molar-refractivity contribution is 7.13. The van der Waals surface area contributed by atoms with Crippen molar-refractivity contribution in [3.63, 3.8) is 0 Å². The fourth-order valence-corrected chi connectivity index (χ4v) is 3.26. The lowest BCUT2D eigenvalue weighted by atomic mass is 10.1. The van der Waals surface area contributed by atoms with Crippen LogP contribution in [0.5, 0.6) is 0 Å². The van der Waals surface area contributed by atoms with Crippen molar-refractivity contribution in [2.24, 2.45) is 0 Å². The van der Waals surface area contributed by atoms with Crippen molar-refractivity contribution in [3.05, 3.63) is 44.7 Å². The molecule has 0 fully saturated rings. The van der Waals surface area contributed by atoms with Gasteiger partial charge in [-0.3, -0.25) is 4.79 Å². The standard InChI is InChI=1S/C14H13NO4S/c1-8-4-11(20-7-8)9-5-15-2-3-19-6-10(15)12(13(9)16)14(17)18/h4-5,7H,2-3,6H2,1H3,(H,17,18). The summed E-state index contributed by atoms with van der Waals surface area (Å²) < 4.78 is 7.09. The van der Waals surface area contributed by atoms with Crippen LogP contribution in [0.4, 0.5) is 0 Å². The molecule has 0 unspecified atom stereocenters. The number of nitrogens with zero attached hydrogens (tertiary/aromatic N) is 1. The van der Waals surface area contributed by atoms with Crippen LogP contribution >= 0.6 is 11.3 Å². The smallest absolute Gasteiger partial charge is 0.341 e. The number of carbonyl (C=O) groups is 1. The first-order chi connectivity index (χ1) is 9.58. The van der Waals surface area contributed by atoms with Crippen molar-refractivity contribution in [1.29, 1.82) is 0 Å². The Labute approximate surface area is 119 Å². The number of carboxylic acid groups (broad SMARTS) is 1. The van der Waals surface area contributed by atoms with Gasteiger partial charge in [0.05, 0.1) is 24.5 Å². The Balaban J connectivity index is 2.29. The van der Waals surface area contributed by atoms with Crippen LogP contribution < -0.4 is 5.43 Å². The van der Waals surface area contributed by atoms with Gasteiger partial charge in [-0.2, -0.15) is 0 Å². The SMILES string of the molecule is Cc1csc(-c2cn3c(c(C(=O)O)c2=O)COCC3)c1. The normalized spacial score (nSPS) is 14.1. The summed E-state index contributed by atoms with van der Waals surface area (Å²) in [6.07, 6.45) is 1.75. The molecule has 6 heteroatoms. The highest BCUT2D eigenvalue weighted by Gasteiger charge is 2.24. The molecule has 0 saturated carbocycles. The number of fused-ring (bicyclic) bond motifs is 1. The molecule has 0 amide bonds. The van der Waals surface area contributed by atoms with E-state index in [9.17, 15) is 14.7 Å². The molecule has 0 bridgehead atoms. The second-order valence-electron chi connectivity index (χ2n) is 4.73. The Morgan fingerprint density at radius 3 is 2.95 bits per heavy atom. The van der Waals surface area contributed by atoms with Crippen LogP contribution in [0, 0.1) is 6.92 Å². The number of carboxylic acids is 1. The third kappa shape index (κ3) is 2.07. The molecule has 0 atom stereocenters. The molecule has 3 rings (SSSR count). The first-order valence-corrected chi connectivity index (χ1v) is 7.08. The molecule has 0 aromatic carbocycles. The van der Waals surface area contributed by atoms with Crippen LogP contribution in [0.15, 0.2) is 22.4 Å². The fraction of sp³-hybridized carbons (Fsp3) is 0.286. The lowest BCUT2D eigenvalue weighted by molar-refractivity contribution is 0.0650. The van der Waals surface area contributed by atoms with Crippen LogP contribution in [0.2, 0.25) is 0 Å². The predicted molar refractivity (Wildman–Crippen MR) is 75.4 cm³/mol. The highest BCUT2D eigenvalue weighted by atomic mass is 32.1. The minimum Gasteiger partial charge on any atom is -0.477 e. The van der Waals surface area contributed by atoms with Crippen molar-refractivity contribution < 1.29 is 14.6 Å². The zero-order chi connectivity index (χ0) is 14.3. The lowest BCUT2D eigenvalue weighted by Gasteiger charge is -2.21. The van der Waals surface area contributed by atoms with Gasteiger partial charge in [-0.1, -0.05) is 0 Å². The lowest BCUT2D eigenvalue weighted by Crippen LogP contribution is -2.29. The highest BCUT2D eigenvalue weighted by Crippen LogP contribution is 2.26. The van der Waals surface area contributed by atoms with E-state index < -0.39 is 11.4 Å². The van der Waals surface area contributed by atoms with Crippen molar-refractivity contribution in [1.82, 2.24) is 4.57 Å². The molecular formula is C14H13NO4S. The number of ether oxygens (including phenoxy) is 1. The number of aromatic carboxylic acids is 1. The first-order valence-electron chi connectivity index (χ1n) is 6.21. The molecule has 0 saturated heterocycles. The van der Waals surface area contributed by atoms with E-state index in [1.165, 1.54) is 11.3 Å². The molecule has 2 aromatic heterocycles. The van der Waals surface area contributed by atoms with Gasteiger partial charge in [0.1, 0.15) is 5.56 Å². The molecule has 0 spiro atoms. The summed E-state index contributed by atoms with van der Waals surface area (Å²) in [7, 11) is 0. The summed E-state index contributed by atoms with van der Waals surface area (Å²) in [6.45, 7) is 3.20. The predicted octanol–water partition coefficient (Wildman–Crippen LogP) is 2.11. The Bertz CT molecular complexity index is 744. The van der Waals surface area contributed by atoms with Crippen molar-refractivity contribution in [3.8, 4) is 10.4 Å². The van der Waals surface area contributed by atoms with Gasteiger partial charge in [-0.15, -0.1) is 11.3 Å². The van der Waals surface area contributed by atoms with Crippen molar-refractivity contribution in [2.45, 2.75) is 20.1 Å². The summed E-state index contributed by atoms with van der Waals surface area (Å²) in [5, 5.41) is 11.3. The largest absolute Gasteiger partial charge is 0.477 e. The van der Waals surface area contributed by atoms with Gasteiger partial charge in [0.25, 0.3) is 0 Å². The van der Waals surface area contributed by atoms with Gasteiger partial charge in [-0.25, -0.2) is 4.79 Å². The maximum atomic E-state index is 12.4. The summed E-state index contributed by atoms with van der Waals surface area (Å²) in [5.41, 5.74) is 1.36. The number of thiophene rings is 1. The summed E-state index contributed by atoms with van der Waals surface area (Å²) in [4.78, 5) is 24.7. The molecule has 3 heterocycles. The van der Waals surface area contributed by atoms with Crippen LogP contribution in [0.25, 0.3) is 10.4 Å². The van der Waals surface area contributed by atoms with Crippen molar-refractivity contribution in [2.75, 3.05) is 6.61 Å². The van der Waals surface area contributed by atoms with Crippen LogP contribution in [-0.4, -0.2) is 22.2 Å². The molecule has 1 N–H and O–H groups in total. The fourth-order valence-electron chi connectivity index (χ4n) is 2.36. The number of hydrogen-bond acceptors (Lipinski definition) is 4. The Kier molecular flexibility index (Phi) is 3.19. The van der Waals surface area contributed by atoms with Gasteiger partial charge in [0, 0.05) is 17.6 Å². The first kappa shape index (κ1) is 13.1. The number of rotatable bonds is 2. The molecule has 104 valence electrons. The van der Waals surface area contributed by atoms with E-state index >= 15 is 0 Å². The average Bonchev–Trinajstić information content (AvgIpc) is 2.84. The maximum Gasteiger partial charge on any atom is 0.341 e. The van der Waals surface area contributed by atoms with Crippen LogP contribution in [0.3, 0.4) is 0 Å². The second kappa shape index (κ2) is 4.88. The van der Waals surface area contributed by atoms with E-state index in [1.807, 2.05) is 22.9 Å². The minimum absolute atomic E-state index is 0.167. The number of hydrogen-bond donors (Lipinski definition) is 1. The molecule has 0 aliphatic carbocycles. The number of aryl methyl sites for hydroxylation is 1. The van der Waals surface area contributed by atoms with Gasteiger partial charge in [0.2, 0.25) is 5.43 Å². The molecule has 0 radical (unpaired) electrons. The van der Waals surface area contributed by atoms with Crippen molar-refractivity contribution >= 4 is 17.3 Å². The van der Waals surface area contributed by atoms with E-state index in [-0.39, 0.29) is 12.2 Å². The molecule has 1 aliphatic rings. The van der Waals surface area contributed by atoms with E-state index in [0.717, 1.165) is 10.4 Å². The van der Waals surface area contributed by atoms with Gasteiger partial charge < -0.3 is 14.4 Å². The number of pyridine rings is 1. The quantitative estimate of drug-likeness (QED) is 0.920. The molecule has 5 nitrogen and oxygen atoms in total. The maximum absolute atomic E-state index is 12.4. The van der Waals surface area contributed by atoms with Gasteiger partial charge in [-0.05, 0) is 23.9 Å². The molecule has 20 heavy (non-hydrogen) atoms. The third-order valence-corrected chi connectivity index (χ3v) is 4.40. The zero-order valence-electron chi connectivity index (χ0n) is 10.9. The summed E-state index contributed by atoms with van der Waals surface area (Å²) in [5.74, 6) is -1.20. The molecular weight excluding hydrogens is 278 g/mol. The monoisotopic (exact) mass is 291 g/mol. The van der Waals surface area contributed by atoms with E-state index in [1.54, 1.807) is 6.20 Å².